The largest absolute Gasteiger partial charge is 0.347 e. The number of amides is 1. The van der Waals surface area contributed by atoms with E-state index < -0.39 is 5.91 Å². The molecule has 0 radical (unpaired) electrons. The van der Waals surface area contributed by atoms with E-state index in [1.54, 1.807) is 24.4 Å². The van der Waals surface area contributed by atoms with Crippen LogP contribution in [0.2, 0.25) is 5.02 Å². The predicted molar refractivity (Wildman–Crippen MR) is 92.6 cm³/mol. The molecule has 1 amide bonds. The molecule has 23 heavy (non-hydrogen) atoms. The molecule has 0 bridgehead atoms. The molecule has 0 saturated carbocycles. The molecule has 0 fully saturated rings. The number of nitrogens with one attached hydrogen (secondary N) is 2. The fourth-order valence-corrected chi connectivity index (χ4v) is 2.23. The Hall–Kier alpha value is -2.36. The summed E-state index contributed by atoms with van der Waals surface area (Å²) >= 11 is 9.34. The average Bonchev–Trinajstić information content (AvgIpc) is 2.55. The number of rotatable bonds is 5. The summed E-state index contributed by atoms with van der Waals surface area (Å²) in [5, 5.41) is 15.1. The van der Waals surface area contributed by atoms with Crippen molar-refractivity contribution >= 4 is 39.3 Å². The van der Waals surface area contributed by atoms with Crippen molar-refractivity contribution in [3.8, 4) is 6.07 Å². The lowest BCUT2D eigenvalue weighted by Crippen LogP contribution is -2.24. The second kappa shape index (κ2) is 8.32. The summed E-state index contributed by atoms with van der Waals surface area (Å²) < 4.78 is 0.838. The Bertz CT molecular complexity index is 786. The molecule has 2 N–H and O–H groups in total. The van der Waals surface area contributed by atoms with E-state index in [2.05, 4.69) is 31.5 Å². The lowest BCUT2D eigenvalue weighted by molar-refractivity contribution is -0.117. The number of halogens is 2. The van der Waals surface area contributed by atoms with Crippen LogP contribution in [0.15, 0.2) is 58.8 Å². The highest BCUT2D eigenvalue weighted by Crippen LogP contribution is 2.15. The van der Waals surface area contributed by atoms with Crippen LogP contribution in [-0.4, -0.2) is 10.9 Å². The minimum absolute atomic E-state index is 0.0566. The van der Waals surface area contributed by atoms with Crippen molar-refractivity contribution in [2.45, 2.75) is 6.54 Å². The molecule has 1 heterocycles. The molecule has 7 heteroatoms. The Balaban J connectivity index is 2.00. The summed E-state index contributed by atoms with van der Waals surface area (Å²) in [6, 6.07) is 12.5. The number of nitriles is 1. The highest BCUT2D eigenvalue weighted by Gasteiger charge is 2.09. The fourth-order valence-electron chi connectivity index (χ4n) is 1.69. The van der Waals surface area contributed by atoms with Crippen LogP contribution in [-0.2, 0) is 11.3 Å². The maximum absolute atomic E-state index is 12.0. The maximum Gasteiger partial charge on any atom is 0.263 e. The summed E-state index contributed by atoms with van der Waals surface area (Å²) in [4.78, 5) is 16.1. The normalized spacial score (nSPS) is 10.7. The first-order valence-corrected chi connectivity index (χ1v) is 7.77. The van der Waals surface area contributed by atoms with Gasteiger partial charge in [0.25, 0.3) is 5.91 Å². The quantitative estimate of drug-likeness (QED) is 0.602. The van der Waals surface area contributed by atoms with Crippen LogP contribution in [0.25, 0.3) is 0 Å². The standard InChI is InChI=1S/C16H12BrClN4O/c17-13-5-6-20-15(7-13)21-10-12(8-19)16(23)22-9-11-3-1-2-4-14(11)18/h1-7,10H,9H2,(H,20,21)(H,22,23)/b12-10-. The van der Waals surface area contributed by atoms with E-state index in [4.69, 9.17) is 16.9 Å². The number of pyridine rings is 1. The Morgan fingerprint density at radius 2 is 2.17 bits per heavy atom. The van der Waals surface area contributed by atoms with Gasteiger partial charge in [0, 0.05) is 28.4 Å². The number of anilines is 1. The number of hydrogen-bond donors (Lipinski definition) is 2. The topological polar surface area (TPSA) is 77.8 Å². The molecular weight excluding hydrogens is 380 g/mol. The minimum Gasteiger partial charge on any atom is -0.347 e. The third-order valence-electron chi connectivity index (χ3n) is 2.85. The highest BCUT2D eigenvalue weighted by molar-refractivity contribution is 9.10. The van der Waals surface area contributed by atoms with Crippen LogP contribution < -0.4 is 10.6 Å². The van der Waals surface area contributed by atoms with E-state index in [1.165, 1.54) is 6.20 Å². The molecule has 0 aliphatic carbocycles. The first kappa shape index (κ1) is 17.0. The van der Waals surface area contributed by atoms with Gasteiger partial charge in [-0.1, -0.05) is 45.7 Å². The molecule has 0 atom stereocenters. The maximum atomic E-state index is 12.0. The minimum atomic E-state index is -0.491. The SMILES string of the molecule is N#C/C(=C/Nc1cc(Br)ccn1)C(=O)NCc1ccccc1Cl. The molecule has 1 aromatic carbocycles. The first-order chi connectivity index (χ1) is 11.1. The number of nitrogens with zero attached hydrogens (tertiary/aromatic N) is 2. The van der Waals surface area contributed by atoms with Crippen LogP contribution in [0.3, 0.4) is 0 Å². The molecule has 1 aromatic heterocycles. The van der Waals surface area contributed by atoms with E-state index in [-0.39, 0.29) is 12.1 Å². The van der Waals surface area contributed by atoms with Crippen molar-refractivity contribution in [1.29, 1.82) is 5.26 Å². The zero-order chi connectivity index (χ0) is 16.7. The van der Waals surface area contributed by atoms with E-state index >= 15 is 0 Å². The predicted octanol–water partition coefficient (Wildman–Crippen LogP) is 3.63. The third-order valence-corrected chi connectivity index (χ3v) is 3.71. The van der Waals surface area contributed by atoms with Crippen molar-refractivity contribution in [2.75, 3.05) is 5.32 Å². The van der Waals surface area contributed by atoms with Gasteiger partial charge < -0.3 is 10.6 Å². The second-order valence-electron chi connectivity index (χ2n) is 4.45. The average molecular weight is 392 g/mol. The molecule has 0 aliphatic rings. The molecule has 0 saturated heterocycles. The van der Waals surface area contributed by atoms with E-state index in [0.29, 0.717) is 10.8 Å². The van der Waals surface area contributed by atoms with Crippen LogP contribution in [0.4, 0.5) is 5.82 Å². The van der Waals surface area contributed by atoms with Crippen LogP contribution in [0.5, 0.6) is 0 Å². The van der Waals surface area contributed by atoms with E-state index in [0.717, 1.165) is 10.0 Å². The molecule has 0 spiro atoms. The first-order valence-electron chi connectivity index (χ1n) is 6.60. The van der Waals surface area contributed by atoms with Gasteiger partial charge in [-0.25, -0.2) is 4.98 Å². The number of hydrogen-bond acceptors (Lipinski definition) is 4. The Kier molecular flexibility index (Phi) is 6.15. The zero-order valence-electron chi connectivity index (χ0n) is 11.9. The lowest BCUT2D eigenvalue weighted by Gasteiger charge is -2.06. The lowest BCUT2D eigenvalue weighted by atomic mass is 10.2. The van der Waals surface area contributed by atoms with Gasteiger partial charge in [0.05, 0.1) is 0 Å². The molecular formula is C16H12BrClN4O. The fraction of sp³-hybridized carbons (Fsp3) is 0.0625. The van der Waals surface area contributed by atoms with Gasteiger partial charge in [-0.05, 0) is 23.8 Å². The summed E-state index contributed by atoms with van der Waals surface area (Å²) in [6.45, 7) is 0.243. The van der Waals surface area contributed by atoms with Crippen LogP contribution in [0.1, 0.15) is 5.56 Å². The molecule has 0 aliphatic heterocycles. The van der Waals surface area contributed by atoms with Crippen molar-refractivity contribution < 1.29 is 4.79 Å². The van der Waals surface area contributed by atoms with Gasteiger partial charge in [0.1, 0.15) is 17.5 Å². The Morgan fingerprint density at radius 1 is 1.39 bits per heavy atom. The van der Waals surface area contributed by atoms with E-state index in [1.807, 2.05) is 24.3 Å². The second-order valence-corrected chi connectivity index (χ2v) is 5.77. The van der Waals surface area contributed by atoms with Crippen molar-refractivity contribution in [3.63, 3.8) is 0 Å². The molecule has 0 unspecified atom stereocenters. The zero-order valence-corrected chi connectivity index (χ0v) is 14.2. The third kappa shape index (κ3) is 5.09. The number of carbonyl (C=O) groups is 1. The monoisotopic (exact) mass is 390 g/mol. The number of carbonyl (C=O) groups excluding carboxylic acids is 1. The van der Waals surface area contributed by atoms with Gasteiger partial charge in [0.2, 0.25) is 0 Å². The number of benzene rings is 1. The summed E-state index contributed by atoms with van der Waals surface area (Å²) in [5.41, 5.74) is 0.722. The van der Waals surface area contributed by atoms with Gasteiger partial charge >= 0.3 is 0 Å². The van der Waals surface area contributed by atoms with Crippen molar-refractivity contribution in [1.82, 2.24) is 10.3 Å². The molecule has 5 nitrogen and oxygen atoms in total. The highest BCUT2D eigenvalue weighted by atomic mass is 79.9. The van der Waals surface area contributed by atoms with Gasteiger partial charge in [-0.15, -0.1) is 0 Å². The van der Waals surface area contributed by atoms with Gasteiger partial charge in [-0.2, -0.15) is 5.26 Å². The number of aromatic nitrogens is 1. The summed E-state index contributed by atoms with van der Waals surface area (Å²) in [7, 11) is 0. The van der Waals surface area contributed by atoms with Crippen LogP contribution >= 0.6 is 27.5 Å². The van der Waals surface area contributed by atoms with E-state index in [9.17, 15) is 4.79 Å². The van der Waals surface area contributed by atoms with Gasteiger partial charge in [-0.3, -0.25) is 4.79 Å². The Labute approximate surface area is 147 Å². The summed E-state index contributed by atoms with van der Waals surface area (Å²) in [5.74, 6) is 0.0287. The molecule has 116 valence electrons. The summed E-state index contributed by atoms with van der Waals surface area (Å²) in [6.07, 6.45) is 2.92. The smallest absolute Gasteiger partial charge is 0.263 e. The molecule has 2 aromatic rings. The Morgan fingerprint density at radius 3 is 2.87 bits per heavy atom. The molecule has 2 rings (SSSR count). The van der Waals surface area contributed by atoms with Crippen molar-refractivity contribution in [2.24, 2.45) is 0 Å². The van der Waals surface area contributed by atoms with Gasteiger partial charge in [0.15, 0.2) is 0 Å². The van der Waals surface area contributed by atoms with Crippen molar-refractivity contribution in [3.05, 3.63) is 69.4 Å². The van der Waals surface area contributed by atoms with Crippen LogP contribution in [0, 0.1) is 11.3 Å².